The van der Waals surface area contributed by atoms with Crippen LogP contribution in [0.5, 0.6) is 0 Å². The van der Waals surface area contributed by atoms with Gasteiger partial charge in [0.05, 0.1) is 28.7 Å². The van der Waals surface area contributed by atoms with E-state index in [0.717, 1.165) is 22.9 Å². The van der Waals surface area contributed by atoms with Gasteiger partial charge in [-0.05, 0) is 78.3 Å². The number of H-pyrrole nitrogens is 2. The molecule has 2 aromatic carbocycles. The summed E-state index contributed by atoms with van der Waals surface area (Å²) in [5.74, 6) is 2.21. The zero-order valence-corrected chi connectivity index (χ0v) is 15.2. The molecule has 7 rings (SSSR count). The molecule has 6 heteroatoms. The second-order valence-corrected chi connectivity index (χ2v) is 8.73. The first kappa shape index (κ1) is 15.1. The molecule has 4 aromatic rings. The summed E-state index contributed by atoms with van der Waals surface area (Å²) in [6, 6.07) is 10.5. The second kappa shape index (κ2) is 5.13. The molecule has 0 amide bonds. The highest BCUT2D eigenvalue weighted by Crippen LogP contribution is 2.64. The standard InChI is InChI=1S/C22H20FN5/c23-22-13-8-12(3-4-15(13)27-28-22)21-19-11-2-1-10(7-11)18(19)20-14-9-24-26-16(14)5-6-17(20)25-21/h3-6,8-11,18-19,21,25H,1-2,7H2,(H,24,26)(H,27,28)/t10?,11?,18-,19+,21-/m0/s1. The summed E-state index contributed by atoms with van der Waals surface area (Å²) in [5, 5.41) is 19.6. The minimum atomic E-state index is -0.349. The number of rotatable bonds is 1. The number of aromatic amines is 2. The molecule has 2 saturated carbocycles. The Morgan fingerprint density at radius 3 is 2.89 bits per heavy atom. The average molecular weight is 373 g/mol. The maximum Gasteiger partial charge on any atom is 0.216 e. The third-order valence-electron chi connectivity index (χ3n) is 7.57. The summed E-state index contributed by atoms with van der Waals surface area (Å²) in [4.78, 5) is 0. The number of hydrogen-bond acceptors (Lipinski definition) is 3. The van der Waals surface area contributed by atoms with Crippen LogP contribution in [-0.4, -0.2) is 20.4 Å². The first-order chi connectivity index (χ1) is 13.8. The topological polar surface area (TPSA) is 69.4 Å². The fourth-order valence-electron chi connectivity index (χ4n) is 6.53. The van der Waals surface area contributed by atoms with Gasteiger partial charge < -0.3 is 5.32 Å². The molecule has 0 saturated heterocycles. The maximum absolute atomic E-state index is 14.1. The third-order valence-corrected chi connectivity index (χ3v) is 7.57. The average Bonchev–Trinajstić information content (AvgIpc) is 3.51. The SMILES string of the molecule is Fc1[nH]nc2ccc([C@@H]3Nc4ccc5[nH]ncc5c4[C@H]4C5CCC(C5)[C@@H]34)cc12. The lowest BCUT2D eigenvalue weighted by Crippen LogP contribution is -2.35. The number of fused-ring (bicyclic) bond motifs is 10. The van der Waals surface area contributed by atoms with E-state index in [0.29, 0.717) is 22.7 Å². The van der Waals surface area contributed by atoms with Gasteiger partial charge in [0.25, 0.3) is 0 Å². The molecule has 140 valence electrons. The molecule has 3 heterocycles. The van der Waals surface area contributed by atoms with Gasteiger partial charge in [0.15, 0.2) is 0 Å². The number of nitrogens with zero attached hydrogens (tertiary/aromatic N) is 2. The van der Waals surface area contributed by atoms with Crippen molar-refractivity contribution in [2.45, 2.75) is 31.2 Å². The van der Waals surface area contributed by atoms with Crippen LogP contribution in [0.3, 0.4) is 0 Å². The molecule has 1 aliphatic heterocycles. The van der Waals surface area contributed by atoms with E-state index in [9.17, 15) is 4.39 Å². The van der Waals surface area contributed by atoms with E-state index in [1.54, 1.807) is 0 Å². The minimum absolute atomic E-state index is 0.204. The van der Waals surface area contributed by atoms with Crippen LogP contribution in [-0.2, 0) is 0 Å². The Morgan fingerprint density at radius 2 is 1.93 bits per heavy atom. The molecule has 3 N–H and O–H groups in total. The van der Waals surface area contributed by atoms with Crippen molar-refractivity contribution < 1.29 is 4.39 Å². The summed E-state index contributed by atoms with van der Waals surface area (Å²) >= 11 is 0. The molecule has 28 heavy (non-hydrogen) atoms. The van der Waals surface area contributed by atoms with Crippen molar-refractivity contribution in [2.75, 3.05) is 5.32 Å². The van der Waals surface area contributed by atoms with Crippen molar-refractivity contribution in [1.82, 2.24) is 20.4 Å². The van der Waals surface area contributed by atoms with Gasteiger partial charge in [0, 0.05) is 11.1 Å². The zero-order valence-electron chi connectivity index (χ0n) is 15.2. The van der Waals surface area contributed by atoms with Crippen LogP contribution in [0.25, 0.3) is 21.8 Å². The quantitative estimate of drug-likeness (QED) is 0.446. The lowest BCUT2D eigenvalue weighted by molar-refractivity contribution is 0.249. The van der Waals surface area contributed by atoms with Crippen molar-refractivity contribution >= 4 is 27.5 Å². The number of aromatic nitrogens is 4. The summed E-state index contributed by atoms with van der Waals surface area (Å²) in [6.45, 7) is 0. The Hall–Kier alpha value is -2.89. The van der Waals surface area contributed by atoms with Gasteiger partial charge >= 0.3 is 0 Å². The molecule has 0 radical (unpaired) electrons. The van der Waals surface area contributed by atoms with Gasteiger partial charge in [-0.2, -0.15) is 14.6 Å². The van der Waals surface area contributed by atoms with Crippen molar-refractivity contribution in [3.8, 4) is 0 Å². The molecular weight excluding hydrogens is 353 g/mol. The molecule has 2 aliphatic carbocycles. The lowest BCUT2D eigenvalue weighted by atomic mass is 9.67. The highest BCUT2D eigenvalue weighted by atomic mass is 19.1. The van der Waals surface area contributed by atoms with Gasteiger partial charge in [-0.25, -0.2) is 0 Å². The number of anilines is 1. The normalized spacial score (nSPS) is 30.5. The zero-order chi connectivity index (χ0) is 18.4. The van der Waals surface area contributed by atoms with Gasteiger partial charge in [-0.15, -0.1) is 0 Å². The number of hydrogen-bond donors (Lipinski definition) is 3. The molecule has 3 aliphatic rings. The fourth-order valence-corrected chi connectivity index (χ4v) is 6.53. The van der Waals surface area contributed by atoms with E-state index in [1.807, 2.05) is 18.3 Å². The molecule has 0 spiro atoms. The lowest BCUT2D eigenvalue weighted by Gasteiger charge is -2.43. The van der Waals surface area contributed by atoms with Crippen LogP contribution in [0, 0.1) is 23.7 Å². The summed E-state index contributed by atoms with van der Waals surface area (Å²) in [7, 11) is 0. The van der Waals surface area contributed by atoms with Gasteiger partial charge in [-0.3, -0.25) is 10.2 Å². The number of halogens is 1. The first-order valence-corrected chi connectivity index (χ1v) is 10.1. The van der Waals surface area contributed by atoms with E-state index >= 15 is 0 Å². The Labute approximate surface area is 160 Å². The van der Waals surface area contributed by atoms with Crippen molar-refractivity contribution in [2.24, 2.45) is 17.8 Å². The van der Waals surface area contributed by atoms with E-state index in [-0.39, 0.29) is 12.0 Å². The molecule has 5 atom stereocenters. The highest BCUT2D eigenvalue weighted by molar-refractivity contribution is 5.89. The molecule has 2 bridgehead atoms. The van der Waals surface area contributed by atoms with Gasteiger partial charge in [0.2, 0.25) is 5.95 Å². The smallest absolute Gasteiger partial charge is 0.216 e. The van der Waals surface area contributed by atoms with Gasteiger partial charge in [0.1, 0.15) is 0 Å². The molecule has 5 nitrogen and oxygen atoms in total. The molecular formula is C22H20FN5. The van der Waals surface area contributed by atoms with Crippen LogP contribution < -0.4 is 5.32 Å². The molecule has 2 unspecified atom stereocenters. The van der Waals surface area contributed by atoms with E-state index in [4.69, 9.17) is 0 Å². The Bertz CT molecular complexity index is 1240. The first-order valence-electron chi connectivity index (χ1n) is 10.1. The minimum Gasteiger partial charge on any atom is -0.378 e. The van der Waals surface area contributed by atoms with Gasteiger partial charge in [-0.1, -0.05) is 6.07 Å². The highest BCUT2D eigenvalue weighted by Gasteiger charge is 2.54. The van der Waals surface area contributed by atoms with E-state index < -0.39 is 0 Å². The van der Waals surface area contributed by atoms with Crippen LogP contribution in [0.1, 0.15) is 42.3 Å². The predicted octanol–water partition coefficient (Wildman–Crippen LogP) is 4.87. The Balaban J connectivity index is 1.44. The Morgan fingerprint density at radius 1 is 1.00 bits per heavy atom. The summed E-state index contributed by atoms with van der Waals surface area (Å²) < 4.78 is 14.1. The van der Waals surface area contributed by atoms with E-state index in [1.165, 1.54) is 35.9 Å². The largest absolute Gasteiger partial charge is 0.378 e. The summed E-state index contributed by atoms with van der Waals surface area (Å²) in [6.07, 6.45) is 5.92. The number of nitrogens with one attached hydrogen (secondary N) is 3. The van der Waals surface area contributed by atoms with Crippen LogP contribution >= 0.6 is 0 Å². The van der Waals surface area contributed by atoms with Crippen LogP contribution in [0.4, 0.5) is 10.1 Å². The summed E-state index contributed by atoms with van der Waals surface area (Å²) in [5.41, 5.74) is 5.61. The van der Waals surface area contributed by atoms with Crippen molar-refractivity contribution in [3.63, 3.8) is 0 Å². The monoisotopic (exact) mass is 373 g/mol. The van der Waals surface area contributed by atoms with E-state index in [2.05, 4.69) is 43.9 Å². The van der Waals surface area contributed by atoms with Crippen LogP contribution in [0.15, 0.2) is 36.5 Å². The maximum atomic E-state index is 14.1. The van der Waals surface area contributed by atoms with Crippen LogP contribution in [0.2, 0.25) is 0 Å². The van der Waals surface area contributed by atoms with Crippen molar-refractivity contribution in [3.05, 3.63) is 53.6 Å². The predicted molar refractivity (Wildman–Crippen MR) is 106 cm³/mol. The molecule has 2 fully saturated rings. The fraction of sp³-hybridized carbons (Fsp3) is 0.364. The molecule has 2 aromatic heterocycles. The van der Waals surface area contributed by atoms with Crippen molar-refractivity contribution in [1.29, 1.82) is 0 Å². The Kier molecular flexibility index (Phi) is 2.76. The third kappa shape index (κ3) is 1.81. The second-order valence-electron chi connectivity index (χ2n) is 8.73. The number of benzene rings is 2.